The topological polar surface area (TPSA) is 20.2 Å². The lowest BCUT2D eigenvalue weighted by atomic mass is 9.88. The molecule has 0 radical (unpaired) electrons. The molecule has 1 N–H and O–H groups in total. The van der Waals surface area contributed by atoms with Crippen molar-refractivity contribution in [1.29, 1.82) is 0 Å². The van der Waals surface area contributed by atoms with E-state index < -0.39 is 0 Å². The van der Waals surface area contributed by atoms with Gasteiger partial charge < -0.3 is 5.11 Å². The van der Waals surface area contributed by atoms with Crippen LogP contribution in [0, 0.1) is 17.3 Å². The van der Waals surface area contributed by atoms with Gasteiger partial charge >= 0.3 is 0 Å². The molecule has 1 aliphatic carbocycles. The predicted molar refractivity (Wildman–Crippen MR) is 47.3 cm³/mol. The van der Waals surface area contributed by atoms with Crippen molar-refractivity contribution in [2.45, 2.75) is 27.7 Å². The minimum atomic E-state index is 0.321. The van der Waals surface area contributed by atoms with Crippen molar-refractivity contribution >= 4 is 0 Å². The normalized spacial score (nSPS) is 34.5. The fourth-order valence-electron chi connectivity index (χ4n) is 2.05. The summed E-state index contributed by atoms with van der Waals surface area (Å²) in [6.45, 7) is 9.08. The van der Waals surface area contributed by atoms with E-state index in [9.17, 15) is 0 Å². The summed E-state index contributed by atoms with van der Waals surface area (Å²) < 4.78 is 0. The van der Waals surface area contributed by atoms with Gasteiger partial charge in [0.25, 0.3) is 0 Å². The Hall–Kier alpha value is -0.300. The molecule has 64 valence electrons. The molecule has 0 bridgehead atoms. The number of rotatable bonds is 1. The van der Waals surface area contributed by atoms with Gasteiger partial charge in [0.05, 0.1) is 6.61 Å². The Morgan fingerprint density at radius 1 is 1.45 bits per heavy atom. The molecule has 0 aliphatic heterocycles. The largest absolute Gasteiger partial charge is 0.396 e. The molecule has 0 unspecified atom stereocenters. The monoisotopic (exact) mass is 154 g/mol. The molecule has 1 nitrogen and oxygen atoms in total. The molecule has 0 aromatic carbocycles. The number of hydrogen-bond acceptors (Lipinski definition) is 1. The average molecular weight is 154 g/mol. The molecule has 0 spiro atoms. The third kappa shape index (κ3) is 1.48. The van der Waals surface area contributed by atoms with Gasteiger partial charge in [-0.05, 0) is 18.3 Å². The summed E-state index contributed by atoms with van der Waals surface area (Å²) in [6.07, 6.45) is 2.15. The van der Waals surface area contributed by atoms with E-state index in [0.29, 0.717) is 23.9 Å². The first-order valence-electron chi connectivity index (χ1n) is 4.29. The van der Waals surface area contributed by atoms with Crippen LogP contribution in [0.15, 0.2) is 11.6 Å². The Morgan fingerprint density at radius 3 is 2.09 bits per heavy atom. The zero-order chi connectivity index (χ0) is 8.65. The number of aliphatic hydroxyl groups excluding tert-OH is 1. The molecule has 1 saturated carbocycles. The summed E-state index contributed by atoms with van der Waals surface area (Å²) in [7, 11) is 0. The van der Waals surface area contributed by atoms with Gasteiger partial charge in [-0.25, -0.2) is 0 Å². The Bertz CT molecular complexity index is 174. The minimum absolute atomic E-state index is 0.321. The lowest BCUT2D eigenvalue weighted by molar-refractivity contribution is 0.239. The van der Waals surface area contributed by atoms with Crippen molar-refractivity contribution in [3.05, 3.63) is 11.6 Å². The molecule has 0 aromatic heterocycles. The first-order valence-corrected chi connectivity index (χ1v) is 4.29. The van der Waals surface area contributed by atoms with Crippen molar-refractivity contribution in [2.75, 3.05) is 6.61 Å². The number of aliphatic hydroxyl groups is 1. The summed E-state index contributed by atoms with van der Waals surface area (Å²) in [5.41, 5.74) is 1.77. The standard InChI is InChI=1S/C10H18O/c1-5-7-8(6-11)9(7)10(2,3)4/h5,8-9,11H,6H2,1-4H3/b7-5-/t8-,9-/m1/s1. The Morgan fingerprint density at radius 2 is 2.00 bits per heavy atom. The molecular weight excluding hydrogens is 136 g/mol. The zero-order valence-electron chi connectivity index (χ0n) is 7.89. The molecular formula is C10H18O. The third-order valence-corrected chi connectivity index (χ3v) is 2.54. The molecule has 1 rings (SSSR count). The van der Waals surface area contributed by atoms with Gasteiger partial charge in [-0.2, -0.15) is 0 Å². The lowest BCUT2D eigenvalue weighted by Gasteiger charge is -2.16. The van der Waals surface area contributed by atoms with Gasteiger partial charge in [0, 0.05) is 5.92 Å². The average Bonchev–Trinajstić information content (AvgIpc) is 2.58. The van der Waals surface area contributed by atoms with Gasteiger partial charge in [-0.15, -0.1) is 0 Å². The zero-order valence-corrected chi connectivity index (χ0v) is 7.89. The van der Waals surface area contributed by atoms with Gasteiger partial charge in [0.2, 0.25) is 0 Å². The van der Waals surface area contributed by atoms with E-state index >= 15 is 0 Å². The molecule has 1 fully saturated rings. The summed E-state index contributed by atoms with van der Waals surface area (Å²) in [5.74, 6) is 1.08. The van der Waals surface area contributed by atoms with Crippen LogP contribution in [0.5, 0.6) is 0 Å². The van der Waals surface area contributed by atoms with Gasteiger partial charge in [-0.1, -0.05) is 32.4 Å². The highest BCUT2D eigenvalue weighted by Crippen LogP contribution is 2.55. The summed E-state index contributed by atoms with van der Waals surface area (Å²) in [5, 5.41) is 9.00. The second-order valence-corrected chi connectivity index (χ2v) is 4.42. The second kappa shape index (κ2) is 2.63. The fourth-order valence-corrected chi connectivity index (χ4v) is 2.05. The highest BCUT2D eigenvalue weighted by atomic mass is 16.3. The second-order valence-electron chi connectivity index (χ2n) is 4.42. The van der Waals surface area contributed by atoms with E-state index in [1.807, 2.05) is 0 Å². The van der Waals surface area contributed by atoms with Crippen LogP contribution in [0.3, 0.4) is 0 Å². The van der Waals surface area contributed by atoms with E-state index in [1.54, 1.807) is 0 Å². The van der Waals surface area contributed by atoms with Crippen LogP contribution in [0.4, 0.5) is 0 Å². The summed E-state index contributed by atoms with van der Waals surface area (Å²) >= 11 is 0. The van der Waals surface area contributed by atoms with Crippen LogP contribution in [-0.2, 0) is 0 Å². The number of allylic oxidation sites excluding steroid dienone is 1. The van der Waals surface area contributed by atoms with Crippen LogP contribution in [0.2, 0.25) is 0 Å². The maximum Gasteiger partial charge on any atom is 0.0502 e. The first-order chi connectivity index (χ1) is 5.02. The predicted octanol–water partition coefficient (Wildman–Crippen LogP) is 2.22. The van der Waals surface area contributed by atoms with Gasteiger partial charge in [0.15, 0.2) is 0 Å². The lowest BCUT2D eigenvalue weighted by Crippen LogP contribution is -2.10. The Labute approximate surface area is 69.1 Å². The van der Waals surface area contributed by atoms with Crippen LogP contribution in [0.1, 0.15) is 27.7 Å². The minimum Gasteiger partial charge on any atom is -0.396 e. The van der Waals surface area contributed by atoms with Crippen molar-refractivity contribution in [3.8, 4) is 0 Å². The van der Waals surface area contributed by atoms with Crippen molar-refractivity contribution < 1.29 is 5.11 Å². The molecule has 2 atom stereocenters. The summed E-state index contributed by atoms with van der Waals surface area (Å²) in [4.78, 5) is 0. The molecule has 1 heteroatoms. The van der Waals surface area contributed by atoms with Gasteiger partial charge in [-0.3, -0.25) is 0 Å². The quantitative estimate of drug-likeness (QED) is 0.574. The molecule has 1 aliphatic rings. The van der Waals surface area contributed by atoms with E-state index in [2.05, 4.69) is 33.8 Å². The fraction of sp³-hybridized carbons (Fsp3) is 0.800. The Balaban J connectivity index is 2.66. The molecule has 0 heterocycles. The molecule has 0 aromatic rings. The van der Waals surface area contributed by atoms with Gasteiger partial charge in [0.1, 0.15) is 0 Å². The van der Waals surface area contributed by atoms with Crippen LogP contribution in [-0.4, -0.2) is 11.7 Å². The molecule has 11 heavy (non-hydrogen) atoms. The third-order valence-electron chi connectivity index (χ3n) is 2.54. The van der Waals surface area contributed by atoms with E-state index in [1.165, 1.54) is 5.57 Å². The van der Waals surface area contributed by atoms with E-state index in [-0.39, 0.29) is 0 Å². The SMILES string of the molecule is C/C=C1/[C@@H](CO)[C@@H]1C(C)(C)C. The maximum absolute atomic E-state index is 9.00. The molecule has 0 saturated heterocycles. The highest BCUT2D eigenvalue weighted by Gasteiger charge is 2.49. The highest BCUT2D eigenvalue weighted by molar-refractivity contribution is 5.31. The molecule has 0 amide bonds. The van der Waals surface area contributed by atoms with E-state index in [4.69, 9.17) is 5.11 Å². The maximum atomic E-state index is 9.00. The summed E-state index contributed by atoms with van der Waals surface area (Å²) in [6, 6.07) is 0. The van der Waals surface area contributed by atoms with Crippen molar-refractivity contribution in [1.82, 2.24) is 0 Å². The number of hydrogen-bond donors (Lipinski definition) is 1. The van der Waals surface area contributed by atoms with Crippen molar-refractivity contribution in [2.24, 2.45) is 17.3 Å². The smallest absolute Gasteiger partial charge is 0.0502 e. The van der Waals surface area contributed by atoms with Crippen molar-refractivity contribution in [3.63, 3.8) is 0 Å². The van der Waals surface area contributed by atoms with E-state index in [0.717, 1.165) is 0 Å². The van der Waals surface area contributed by atoms with Crippen LogP contribution < -0.4 is 0 Å². The van der Waals surface area contributed by atoms with Crippen LogP contribution >= 0.6 is 0 Å². The Kier molecular flexibility index (Phi) is 2.10. The first kappa shape index (κ1) is 8.79. The van der Waals surface area contributed by atoms with Crippen LogP contribution in [0.25, 0.3) is 0 Å².